The van der Waals surface area contributed by atoms with E-state index in [9.17, 15) is 9.59 Å². The van der Waals surface area contributed by atoms with Crippen LogP contribution in [0.25, 0.3) is 16.7 Å². The standard InChI is InChI=1S/C23H24N4O2S/c1-15(2)13-14-26-21(29)18-11-7-8-12-19(18)27-22(26)24-25-23(27)30-16(3)20(28)17-9-5-4-6-10-17/h4-12,15-16H,13-14H2,1-3H3. The smallest absolute Gasteiger partial charge is 0.262 e. The Morgan fingerprint density at radius 3 is 2.43 bits per heavy atom. The molecule has 0 spiro atoms. The molecule has 154 valence electrons. The zero-order valence-electron chi connectivity index (χ0n) is 17.3. The lowest BCUT2D eigenvalue weighted by molar-refractivity contribution is 0.0994. The predicted octanol–water partition coefficient (Wildman–Crippen LogP) is 4.45. The second-order valence-electron chi connectivity index (χ2n) is 7.76. The normalized spacial score (nSPS) is 12.7. The van der Waals surface area contributed by atoms with Gasteiger partial charge in [0.1, 0.15) is 0 Å². The van der Waals surface area contributed by atoms with Crippen LogP contribution in [0.3, 0.4) is 0 Å². The zero-order chi connectivity index (χ0) is 21.3. The maximum Gasteiger partial charge on any atom is 0.262 e. The molecule has 6 nitrogen and oxygen atoms in total. The van der Waals surface area contributed by atoms with E-state index < -0.39 is 0 Å². The lowest BCUT2D eigenvalue weighted by Crippen LogP contribution is -2.24. The van der Waals surface area contributed by atoms with Crippen molar-refractivity contribution < 1.29 is 4.79 Å². The Morgan fingerprint density at radius 2 is 1.70 bits per heavy atom. The first-order valence-electron chi connectivity index (χ1n) is 10.1. The van der Waals surface area contributed by atoms with Gasteiger partial charge in [0.15, 0.2) is 10.9 Å². The van der Waals surface area contributed by atoms with Crippen molar-refractivity contribution >= 4 is 34.2 Å². The van der Waals surface area contributed by atoms with E-state index in [1.165, 1.54) is 11.8 Å². The third-order valence-electron chi connectivity index (χ3n) is 5.12. The highest BCUT2D eigenvalue weighted by molar-refractivity contribution is 8.00. The number of thioether (sulfide) groups is 1. The summed E-state index contributed by atoms with van der Waals surface area (Å²) in [6.45, 7) is 6.71. The minimum atomic E-state index is -0.338. The minimum absolute atomic E-state index is 0.0368. The van der Waals surface area contributed by atoms with Crippen LogP contribution in [0.2, 0.25) is 0 Å². The molecule has 2 aromatic carbocycles. The Hall–Kier alpha value is -2.93. The third-order valence-corrected chi connectivity index (χ3v) is 6.16. The first kappa shape index (κ1) is 20.3. The Labute approximate surface area is 178 Å². The zero-order valence-corrected chi connectivity index (χ0v) is 18.1. The summed E-state index contributed by atoms with van der Waals surface area (Å²) in [4.78, 5) is 25.9. The van der Waals surface area contributed by atoms with Crippen molar-refractivity contribution in [2.45, 2.75) is 44.1 Å². The third kappa shape index (κ3) is 3.77. The molecule has 2 aromatic heterocycles. The van der Waals surface area contributed by atoms with Crippen LogP contribution < -0.4 is 5.56 Å². The number of hydrogen-bond acceptors (Lipinski definition) is 5. The fourth-order valence-corrected chi connectivity index (χ4v) is 4.38. The van der Waals surface area contributed by atoms with Crippen LogP contribution in [0.15, 0.2) is 64.5 Å². The predicted molar refractivity (Wildman–Crippen MR) is 120 cm³/mol. The lowest BCUT2D eigenvalue weighted by Gasteiger charge is -2.13. The number of aryl methyl sites for hydroxylation is 1. The summed E-state index contributed by atoms with van der Waals surface area (Å²) >= 11 is 1.36. The molecular weight excluding hydrogens is 396 g/mol. The van der Waals surface area contributed by atoms with E-state index in [0.29, 0.717) is 34.3 Å². The Morgan fingerprint density at radius 1 is 1.00 bits per heavy atom. The summed E-state index contributed by atoms with van der Waals surface area (Å²) in [5.41, 5.74) is 1.37. The number of fused-ring (bicyclic) bond motifs is 3. The van der Waals surface area contributed by atoms with E-state index in [1.807, 2.05) is 65.9 Å². The van der Waals surface area contributed by atoms with Gasteiger partial charge < -0.3 is 0 Å². The van der Waals surface area contributed by atoms with Crippen molar-refractivity contribution in [3.63, 3.8) is 0 Å². The Balaban J connectivity index is 1.80. The number of Topliss-reactive ketones (excluding diaryl/α,β-unsaturated/α-hetero) is 1. The second-order valence-corrected chi connectivity index (χ2v) is 9.07. The van der Waals surface area contributed by atoms with Crippen molar-refractivity contribution in [2.75, 3.05) is 0 Å². The number of rotatable bonds is 7. The number of nitrogens with zero attached hydrogens (tertiary/aromatic N) is 4. The van der Waals surface area contributed by atoms with Crippen molar-refractivity contribution in [3.05, 3.63) is 70.5 Å². The Kier molecular flexibility index (Phi) is 5.72. The van der Waals surface area contributed by atoms with Gasteiger partial charge in [-0.15, -0.1) is 10.2 Å². The van der Waals surface area contributed by atoms with E-state index in [1.54, 1.807) is 4.57 Å². The van der Waals surface area contributed by atoms with Gasteiger partial charge in [-0.3, -0.25) is 18.6 Å². The molecule has 0 N–H and O–H groups in total. The molecule has 0 fully saturated rings. The molecule has 0 aliphatic heterocycles. The number of para-hydroxylation sites is 1. The van der Waals surface area contributed by atoms with Crippen LogP contribution >= 0.6 is 11.8 Å². The van der Waals surface area contributed by atoms with Gasteiger partial charge in [0, 0.05) is 12.1 Å². The molecule has 0 saturated carbocycles. The highest BCUT2D eigenvalue weighted by Gasteiger charge is 2.22. The van der Waals surface area contributed by atoms with E-state index >= 15 is 0 Å². The minimum Gasteiger partial charge on any atom is -0.293 e. The van der Waals surface area contributed by atoms with E-state index in [0.717, 1.165) is 11.9 Å². The van der Waals surface area contributed by atoms with Crippen molar-refractivity contribution in [3.8, 4) is 0 Å². The Bertz CT molecular complexity index is 1260. The van der Waals surface area contributed by atoms with Gasteiger partial charge in [0.05, 0.1) is 16.2 Å². The van der Waals surface area contributed by atoms with Crippen LogP contribution in [0.4, 0.5) is 0 Å². The van der Waals surface area contributed by atoms with Gasteiger partial charge in [0.2, 0.25) is 5.78 Å². The van der Waals surface area contributed by atoms with Crippen LogP contribution in [0.1, 0.15) is 37.6 Å². The molecule has 4 aromatic rings. The van der Waals surface area contributed by atoms with Gasteiger partial charge in [0.25, 0.3) is 5.56 Å². The summed E-state index contributed by atoms with van der Waals surface area (Å²) < 4.78 is 3.60. The van der Waals surface area contributed by atoms with Gasteiger partial charge >= 0.3 is 0 Å². The second kappa shape index (κ2) is 8.44. The highest BCUT2D eigenvalue weighted by atomic mass is 32.2. The van der Waals surface area contributed by atoms with E-state index in [2.05, 4.69) is 24.0 Å². The number of aromatic nitrogens is 4. The van der Waals surface area contributed by atoms with Crippen LogP contribution in [0, 0.1) is 5.92 Å². The summed E-state index contributed by atoms with van der Waals surface area (Å²) in [5.74, 6) is 1.01. The van der Waals surface area contributed by atoms with Crippen molar-refractivity contribution in [2.24, 2.45) is 5.92 Å². The fraction of sp³-hybridized carbons (Fsp3) is 0.304. The quantitative estimate of drug-likeness (QED) is 0.326. The first-order valence-corrected chi connectivity index (χ1v) is 11.0. The number of carbonyl (C=O) groups is 1. The monoisotopic (exact) mass is 420 g/mol. The number of hydrogen-bond donors (Lipinski definition) is 0. The molecule has 1 unspecified atom stereocenters. The lowest BCUT2D eigenvalue weighted by atomic mass is 10.1. The summed E-state index contributed by atoms with van der Waals surface area (Å²) in [6.07, 6.45) is 0.867. The largest absolute Gasteiger partial charge is 0.293 e. The highest BCUT2D eigenvalue weighted by Crippen LogP contribution is 2.27. The molecule has 2 heterocycles. The molecule has 4 rings (SSSR count). The first-order chi connectivity index (χ1) is 14.5. The molecule has 0 aliphatic carbocycles. The molecule has 0 saturated heterocycles. The molecule has 30 heavy (non-hydrogen) atoms. The summed E-state index contributed by atoms with van der Waals surface area (Å²) in [6, 6.07) is 16.7. The van der Waals surface area contributed by atoms with Crippen LogP contribution in [-0.2, 0) is 6.54 Å². The van der Waals surface area contributed by atoms with Crippen molar-refractivity contribution in [1.82, 2.24) is 19.2 Å². The number of ketones is 1. The molecular formula is C23H24N4O2S. The maximum atomic E-state index is 13.1. The maximum absolute atomic E-state index is 13.1. The van der Waals surface area contributed by atoms with E-state index in [4.69, 9.17) is 0 Å². The molecule has 1 atom stereocenters. The molecule has 0 bridgehead atoms. The summed E-state index contributed by atoms with van der Waals surface area (Å²) in [5, 5.41) is 9.58. The average molecular weight is 421 g/mol. The SMILES string of the molecule is CC(C)CCn1c(=O)c2ccccc2n2c(SC(C)C(=O)c3ccccc3)nnc12. The van der Waals surface area contributed by atoms with Crippen LogP contribution in [0.5, 0.6) is 0 Å². The summed E-state index contributed by atoms with van der Waals surface area (Å²) in [7, 11) is 0. The molecule has 0 radical (unpaired) electrons. The van der Waals surface area contributed by atoms with Crippen LogP contribution in [-0.4, -0.2) is 30.2 Å². The topological polar surface area (TPSA) is 69.3 Å². The van der Waals surface area contributed by atoms with Gasteiger partial charge in [-0.1, -0.05) is 68.1 Å². The molecule has 7 heteroatoms. The average Bonchev–Trinajstić information content (AvgIpc) is 3.17. The number of carbonyl (C=O) groups excluding carboxylic acids is 1. The van der Waals surface area contributed by atoms with E-state index in [-0.39, 0.29) is 16.6 Å². The molecule has 0 amide bonds. The number of benzene rings is 2. The molecule has 0 aliphatic rings. The van der Waals surface area contributed by atoms with Gasteiger partial charge in [-0.25, -0.2) is 0 Å². The fourth-order valence-electron chi connectivity index (χ4n) is 3.45. The van der Waals surface area contributed by atoms with Gasteiger partial charge in [-0.2, -0.15) is 0 Å². The van der Waals surface area contributed by atoms with Crippen molar-refractivity contribution in [1.29, 1.82) is 0 Å². The van der Waals surface area contributed by atoms with Gasteiger partial charge in [-0.05, 0) is 31.4 Å².